The molecule has 2 aromatic rings. The van der Waals surface area contributed by atoms with Crippen LogP contribution >= 0.6 is 0 Å². The maximum absolute atomic E-state index is 12.5. The van der Waals surface area contributed by atoms with E-state index in [9.17, 15) is 9.59 Å². The van der Waals surface area contributed by atoms with Crippen molar-refractivity contribution >= 4 is 22.8 Å². The zero-order valence-corrected chi connectivity index (χ0v) is 15.7. The monoisotopic (exact) mass is 354 g/mol. The smallest absolute Gasteiger partial charge is 0.340 e. The van der Waals surface area contributed by atoms with Crippen LogP contribution in [0.5, 0.6) is 0 Å². The van der Waals surface area contributed by atoms with Crippen molar-refractivity contribution in [2.45, 2.75) is 52.5 Å². The first kappa shape index (κ1) is 18.4. The number of esters is 1. The average molecular weight is 354 g/mol. The molecule has 1 fully saturated rings. The topological polar surface area (TPSA) is 68.3 Å². The number of rotatable bonds is 4. The Bertz CT molecular complexity index is 831. The molecule has 1 heterocycles. The van der Waals surface area contributed by atoms with Gasteiger partial charge in [0.1, 0.15) is 0 Å². The van der Waals surface area contributed by atoms with Gasteiger partial charge in [-0.15, -0.1) is 0 Å². The van der Waals surface area contributed by atoms with E-state index in [0.29, 0.717) is 17.2 Å². The molecule has 5 nitrogen and oxygen atoms in total. The fourth-order valence-electron chi connectivity index (χ4n) is 3.81. The molecule has 138 valence electrons. The van der Waals surface area contributed by atoms with Crippen LogP contribution in [0.4, 0.5) is 0 Å². The van der Waals surface area contributed by atoms with Crippen molar-refractivity contribution < 1.29 is 14.3 Å². The van der Waals surface area contributed by atoms with E-state index in [4.69, 9.17) is 4.74 Å². The van der Waals surface area contributed by atoms with E-state index >= 15 is 0 Å². The quantitative estimate of drug-likeness (QED) is 0.850. The first-order valence-electron chi connectivity index (χ1n) is 9.30. The van der Waals surface area contributed by atoms with Crippen molar-refractivity contribution in [3.8, 4) is 0 Å². The standard InChI is InChI=1S/C21H26N2O3/c1-13-8-4-6-10-17(13)23-19(24)12-26-21(25)20-14(2)16-9-5-7-11-18(16)22-15(20)3/h5,7,9,11,13,17H,4,6,8,10,12H2,1-3H3,(H,23,24)/t13-,17-/m0/s1. The van der Waals surface area contributed by atoms with Crippen LogP contribution in [-0.2, 0) is 9.53 Å². The van der Waals surface area contributed by atoms with E-state index in [1.165, 1.54) is 6.42 Å². The number of ether oxygens (including phenoxy) is 1. The molecule has 1 aromatic heterocycles. The number of fused-ring (bicyclic) bond motifs is 1. The number of hydrogen-bond donors (Lipinski definition) is 1. The summed E-state index contributed by atoms with van der Waals surface area (Å²) in [7, 11) is 0. The molecule has 0 bridgehead atoms. The van der Waals surface area contributed by atoms with Crippen LogP contribution in [0.15, 0.2) is 24.3 Å². The second kappa shape index (κ2) is 7.85. The Morgan fingerprint density at radius 2 is 1.92 bits per heavy atom. The van der Waals surface area contributed by atoms with Crippen LogP contribution in [0.1, 0.15) is 54.2 Å². The fraction of sp³-hybridized carbons (Fsp3) is 0.476. The van der Waals surface area contributed by atoms with E-state index in [1.807, 2.05) is 31.2 Å². The summed E-state index contributed by atoms with van der Waals surface area (Å²) >= 11 is 0. The van der Waals surface area contributed by atoms with Crippen molar-refractivity contribution in [2.75, 3.05) is 6.61 Å². The van der Waals surface area contributed by atoms with Gasteiger partial charge >= 0.3 is 5.97 Å². The van der Waals surface area contributed by atoms with Gasteiger partial charge in [0.15, 0.2) is 6.61 Å². The molecule has 1 saturated carbocycles. The highest BCUT2D eigenvalue weighted by Gasteiger charge is 2.24. The molecule has 1 amide bonds. The number of amides is 1. The number of pyridine rings is 1. The van der Waals surface area contributed by atoms with Crippen LogP contribution in [0.3, 0.4) is 0 Å². The van der Waals surface area contributed by atoms with E-state index < -0.39 is 5.97 Å². The van der Waals surface area contributed by atoms with Gasteiger partial charge in [-0.05, 0) is 44.2 Å². The van der Waals surface area contributed by atoms with Gasteiger partial charge in [-0.3, -0.25) is 9.78 Å². The summed E-state index contributed by atoms with van der Waals surface area (Å²) < 4.78 is 5.29. The number of para-hydroxylation sites is 1. The number of carbonyl (C=O) groups excluding carboxylic acids is 2. The average Bonchev–Trinajstić information content (AvgIpc) is 2.62. The maximum Gasteiger partial charge on any atom is 0.340 e. The zero-order valence-electron chi connectivity index (χ0n) is 15.7. The summed E-state index contributed by atoms with van der Waals surface area (Å²) in [5.74, 6) is -0.260. The molecule has 1 N–H and O–H groups in total. The summed E-state index contributed by atoms with van der Waals surface area (Å²) in [5, 5.41) is 3.92. The van der Waals surface area contributed by atoms with Gasteiger partial charge < -0.3 is 10.1 Å². The predicted molar refractivity (Wildman–Crippen MR) is 101 cm³/mol. The van der Waals surface area contributed by atoms with Crippen LogP contribution in [0.25, 0.3) is 10.9 Å². The van der Waals surface area contributed by atoms with Crippen LogP contribution in [0, 0.1) is 19.8 Å². The molecule has 26 heavy (non-hydrogen) atoms. The molecule has 1 aliphatic rings. The summed E-state index contributed by atoms with van der Waals surface area (Å²) in [6.45, 7) is 5.58. The lowest BCUT2D eigenvalue weighted by Crippen LogP contribution is -2.42. The minimum atomic E-state index is -0.495. The molecule has 0 unspecified atom stereocenters. The molecule has 1 aliphatic carbocycles. The lowest BCUT2D eigenvalue weighted by atomic mass is 9.86. The highest BCUT2D eigenvalue weighted by atomic mass is 16.5. The number of carbonyl (C=O) groups is 2. The first-order valence-corrected chi connectivity index (χ1v) is 9.30. The SMILES string of the molecule is Cc1nc2ccccc2c(C)c1C(=O)OCC(=O)N[C@H]1CCCC[C@@H]1C. The summed E-state index contributed by atoms with van der Waals surface area (Å²) in [6.07, 6.45) is 4.48. The maximum atomic E-state index is 12.5. The van der Waals surface area contributed by atoms with Crippen molar-refractivity contribution in [3.63, 3.8) is 0 Å². The molecule has 3 rings (SSSR count). The van der Waals surface area contributed by atoms with E-state index in [0.717, 1.165) is 35.7 Å². The molecule has 0 saturated heterocycles. The zero-order chi connectivity index (χ0) is 18.7. The number of nitrogens with one attached hydrogen (secondary N) is 1. The Kier molecular flexibility index (Phi) is 5.55. The van der Waals surface area contributed by atoms with E-state index in [1.54, 1.807) is 6.92 Å². The third-order valence-electron chi connectivity index (χ3n) is 5.33. The Labute approximate surface area is 154 Å². The van der Waals surface area contributed by atoms with Crippen LogP contribution in [-0.4, -0.2) is 29.5 Å². The van der Waals surface area contributed by atoms with Gasteiger partial charge in [-0.1, -0.05) is 38.0 Å². The minimum Gasteiger partial charge on any atom is -0.452 e. The van der Waals surface area contributed by atoms with Gasteiger partial charge in [0, 0.05) is 11.4 Å². The molecule has 0 aliphatic heterocycles. The second-order valence-corrected chi connectivity index (χ2v) is 7.23. The molecule has 5 heteroatoms. The number of aromatic nitrogens is 1. The molecule has 0 radical (unpaired) electrons. The van der Waals surface area contributed by atoms with Crippen LogP contribution < -0.4 is 5.32 Å². The second-order valence-electron chi connectivity index (χ2n) is 7.23. The van der Waals surface area contributed by atoms with Crippen molar-refractivity contribution in [1.82, 2.24) is 10.3 Å². The largest absolute Gasteiger partial charge is 0.452 e. The Balaban J connectivity index is 1.66. The molecule has 0 spiro atoms. The molecule has 1 aromatic carbocycles. The molecular formula is C21H26N2O3. The minimum absolute atomic E-state index is 0.181. The van der Waals surface area contributed by atoms with Crippen molar-refractivity contribution in [1.29, 1.82) is 0 Å². The van der Waals surface area contributed by atoms with Gasteiger partial charge in [-0.2, -0.15) is 0 Å². The summed E-state index contributed by atoms with van der Waals surface area (Å²) in [6, 6.07) is 7.87. The molecular weight excluding hydrogens is 328 g/mol. The third kappa shape index (κ3) is 3.87. The third-order valence-corrected chi connectivity index (χ3v) is 5.33. The molecule has 2 atom stereocenters. The lowest BCUT2D eigenvalue weighted by molar-refractivity contribution is -0.125. The summed E-state index contributed by atoms with van der Waals surface area (Å²) in [5.41, 5.74) is 2.75. The predicted octanol–water partition coefficient (Wildman–Crippen LogP) is 3.70. The van der Waals surface area contributed by atoms with Crippen LogP contribution in [0.2, 0.25) is 0 Å². The van der Waals surface area contributed by atoms with E-state index in [2.05, 4.69) is 17.2 Å². The van der Waals surface area contributed by atoms with Crippen molar-refractivity contribution in [3.05, 3.63) is 41.1 Å². The highest BCUT2D eigenvalue weighted by molar-refractivity contribution is 5.99. The summed E-state index contributed by atoms with van der Waals surface area (Å²) in [4.78, 5) is 29.2. The Morgan fingerprint density at radius 3 is 2.69 bits per heavy atom. The van der Waals surface area contributed by atoms with Crippen molar-refractivity contribution in [2.24, 2.45) is 5.92 Å². The number of nitrogens with zero attached hydrogens (tertiary/aromatic N) is 1. The Morgan fingerprint density at radius 1 is 1.19 bits per heavy atom. The highest BCUT2D eigenvalue weighted by Crippen LogP contribution is 2.24. The lowest BCUT2D eigenvalue weighted by Gasteiger charge is -2.29. The van der Waals surface area contributed by atoms with E-state index in [-0.39, 0.29) is 18.6 Å². The Hall–Kier alpha value is -2.43. The number of aryl methyl sites for hydroxylation is 2. The number of hydrogen-bond acceptors (Lipinski definition) is 4. The normalized spacial score (nSPS) is 20.0. The van der Waals surface area contributed by atoms with Gasteiger partial charge in [0.25, 0.3) is 5.91 Å². The van der Waals surface area contributed by atoms with Gasteiger partial charge in [0.2, 0.25) is 0 Å². The van der Waals surface area contributed by atoms with Gasteiger partial charge in [-0.25, -0.2) is 4.79 Å². The fourth-order valence-corrected chi connectivity index (χ4v) is 3.81. The first-order chi connectivity index (χ1) is 12.5. The number of benzene rings is 1. The van der Waals surface area contributed by atoms with Gasteiger partial charge in [0.05, 0.1) is 16.8 Å².